The van der Waals surface area contributed by atoms with Crippen LogP contribution in [0.4, 0.5) is 0 Å². The highest BCUT2D eigenvalue weighted by molar-refractivity contribution is 5.75. The lowest BCUT2D eigenvalue weighted by Gasteiger charge is -2.20. The number of unbranched alkanes of at least 4 members (excludes halogenated alkanes) is 2. The van der Waals surface area contributed by atoms with Crippen LogP contribution in [0.1, 0.15) is 53.4 Å². The summed E-state index contributed by atoms with van der Waals surface area (Å²) in [5.41, 5.74) is 0. The zero-order valence-electron chi connectivity index (χ0n) is 11.4. The lowest BCUT2D eigenvalue weighted by molar-refractivity contribution is -0.130. The summed E-state index contributed by atoms with van der Waals surface area (Å²) in [6.45, 7) is 11.2. The molecule has 0 saturated heterocycles. The van der Waals surface area contributed by atoms with Crippen molar-refractivity contribution in [2.75, 3.05) is 19.6 Å². The maximum absolute atomic E-state index is 11.5. The molecule has 0 unspecified atom stereocenters. The van der Waals surface area contributed by atoms with Crippen LogP contribution < -0.4 is 5.32 Å². The molecule has 0 aromatic carbocycles. The van der Waals surface area contributed by atoms with Gasteiger partial charge in [0.25, 0.3) is 0 Å². The summed E-state index contributed by atoms with van der Waals surface area (Å²) in [5, 5.41) is 3.40. The molecular weight excluding hydrogens is 200 g/mol. The summed E-state index contributed by atoms with van der Waals surface area (Å²) in [4.78, 5) is 13.4. The highest BCUT2D eigenvalue weighted by Gasteiger charge is 2.07. The number of carbonyl (C=O) groups excluding carboxylic acids is 1. The van der Waals surface area contributed by atoms with Gasteiger partial charge in [-0.2, -0.15) is 0 Å². The molecule has 1 N–H and O–H groups in total. The molecule has 0 aromatic heterocycles. The van der Waals surface area contributed by atoms with Crippen LogP contribution in [0, 0.1) is 0 Å². The van der Waals surface area contributed by atoms with Gasteiger partial charge in [-0.05, 0) is 26.3 Å². The number of nitrogens with zero attached hydrogens (tertiary/aromatic N) is 1. The number of hydrogen-bond acceptors (Lipinski definition) is 2. The first kappa shape index (κ1) is 15.4. The van der Waals surface area contributed by atoms with Crippen molar-refractivity contribution in [2.24, 2.45) is 0 Å². The maximum Gasteiger partial charge on any atom is 0.222 e. The Bertz CT molecular complexity index is 181. The van der Waals surface area contributed by atoms with Crippen LogP contribution >= 0.6 is 0 Å². The van der Waals surface area contributed by atoms with Crippen LogP contribution in [0.2, 0.25) is 0 Å². The third-order valence-corrected chi connectivity index (χ3v) is 2.69. The van der Waals surface area contributed by atoms with Crippen molar-refractivity contribution >= 4 is 5.91 Å². The van der Waals surface area contributed by atoms with Crippen molar-refractivity contribution < 1.29 is 4.79 Å². The average Bonchev–Trinajstić information content (AvgIpc) is 2.27. The highest BCUT2D eigenvalue weighted by atomic mass is 16.2. The first-order valence-corrected chi connectivity index (χ1v) is 6.62. The molecule has 16 heavy (non-hydrogen) atoms. The molecule has 0 heterocycles. The smallest absolute Gasteiger partial charge is 0.222 e. The topological polar surface area (TPSA) is 32.3 Å². The van der Waals surface area contributed by atoms with Gasteiger partial charge in [-0.15, -0.1) is 0 Å². The standard InChI is InChI=1S/C13H28N2O/c1-5-13(16)15(6-2)11-9-7-8-10-14-12(3)4/h12,14H,5-11H2,1-4H3. The highest BCUT2D eigenvalue weighted by Crippen LogP contribution is 2.00. The monoisotopic (exact) mass is 228 g/mol. The molecule has 0 atom stereocenters. The summed E-state index contributed by atoms with van der Waals surface area (Å²) >= 11 is 0. The van der Waals surface area contributed by atoms with E-state index < -0.39 is 0 Å². The minimum atomic E-state index is 0.280. The number of hydrogen-bond donors (Lipinski definition) is 1. The Labute approximate surface area is 101 Å². The first-order chi connectivity index (χ1) is 7.61. The van der Waals surface area contributed by atoms with E-state index in [1.165, 1.54) is 12.8 Å². The Morgan fingerprint density at radius 2 is 1.88 bits per heavy atom. The predicted octanol–water partition coefficient (Wildman–Crippen LogP) is 2.41. The van der Waals surface area contributed by atoms with Crippen LogP contribution in [0.5, 0.6) is 0 Å². The van der Waals surface area contributed by atoms with Crippen molar-refractivity contribution in [3.05, 3.63) is 0 Å². The molecule has 0 spiro atoms. The molecule has 0 radical (unpaired) electrons. The largest absolute Gasteiger partial charge is 0.343 e. The van der Waals surface area contributed by atoms with E-state index in [9.17, 15) is 4.79 Å². The van der Waals surface area contributed by atoms with Gasteiger partial charge < -0.3 is 10.2 Å². The Morgan fingerprint density at radius 1 is 1.19 bits per heavy atom. The second-order valence-corrected chi connectivity index (χ2v) is 4.50. The quantitative estimate of drug-likeness (QED) is 0.615. The van der Waals surface area contributed by atoms with E-state index in [0.29, 0.717) is 12.5 Å². The van der Waals surface area contributed by atoms with Crippen molar-refractivity contribution in [1.82, 2.24) is 10.2 Å². The van der Waals surface area contributed by atoms with Gasteiger partial charge in [0.15, 0.2) is 0 Å². The van der Waals surface area contributed by atoms with Crippen LogP contribution in [0.15, 0.2) is 0 Å². The Morgan fingerprint density at radius 3 is 2.38 bits per heavy atom. The van der Waals surface area contributed by atoms with Gasteiger partial charge in [0, 0.05) is 25.6 Å². The van der Waals surface area contributed by atoms with E-state index in [-0.39, 0.29) is 5.91 Å². The minimum Gasteiger partial charge on any atom is -0.343 e. The van der Waals surface area contributed by atoms with Crippen molar-refractivity contribution in [2.45, 2.75) is 59.4 Å². The van der Waals surface area contributed by atoms with Crippen LogP contribution in [-0.2, 0) is 4.79 Å². The second-order valence-electron chi connectivity index (χ2n) is 4.50. The molecule has 1 amide bonds. The van der Waals surface area contributed by atoms with Crippen molar-refractivity contribution in [1.29, 1.82) is 0 Å². The first-order valence-electron chi connectivity index (χ1n) is 6.62. The van der Waals surface area contributed by atoms with E-state index >= 15 is 0 Å². The summed E-state index contributed by atoms with van der Waals surface area (Å²) < 4.78 is 0. The van der Waals surface area contributed by atoms with E-state index in [1.807, 2.05) is 18.7 Å². The molecule has 0 fully saturated rings. The fourth-order valence-corrected chi connectivity index (χ4v) is 1.68. The van der Waals surface area contributed by atoms with Crippen LogP contribution in [-0.4, -0.2) is 36.5 Å². The number of amides is 1. The van der Waals surface area contributed by atoms with Crippen molar-refractivity contribution in [3.8, 4) is 0 Å². The van der Waals surface area contributed by atoms with E-state index in [2.05, 4.69) is 19.2 Å². The van der Waals surface area contributed by atoms with Gasteiger partial charge >= 0.3 is 0 Å². The molecule has 3 nitrogen and oxygen atoms in total. The van der Waals surface area contributed by atoms with Gasteiger partial charge in [-0.3, -0.25) is 4.79 Å². The second kappa shape index (κ2) is 9.64. The summed E-state index contributed by atoms with van der Waals surface area (Å²) in [5.74, 6) is 0.280. The Kier molecular flexibility index (Phi) is 9.30. The molecule has 0 aliphatic heterocycles. The summed E-state index contributed by atoms with van der Waals surface area (Å²) in [6, 6.07) is 0.578. The van der Waals surface area contributed by atoms with Crippen LogP contribution in [0.3, 0.4) is 0 Å². The molecule has 0 rings (SSSR count). The average molecular weight is 228 g/mol. The third-order valence-electron chi connectivity index (χ3n) is 2.69. The van der Waals surface area contributed by atoms with E-state index in [0.717, 1.165) is 26.1 Å². The minimum absolute atomic E-state index is 0.280. The number of rotatable bonds is 9. The van der Waals surface area contributed by atoms with Gasteiger partial charge in [0.1, 0.15) is 0 Å². The zero-order chi connectivity index (χ0) is 12.4. The van der Waals surface area contributed by atoms with Crippen molar-refractivity contribution in [3.63, 3.8) is 0 Å². The van der Waals surface area contributed by atoms with Crippen LogP contribution in [0.25, 0.3) is 0 Å². The van der Waals surface area contributed by atoms with E-state index in [1.54, 1.807) is 0 Å². The van der Waals surface area contributed by atoms with Gasteiger partial charge in [0.05, 0.1) is 0 Å². The van der Waals surface area contributed by atoms with Gasteiger partial charge in [-0.25, -0.2) is 0 Å². The molecular formula is C13H28N2O. The molecule has 0 bridgehead atoms. The summed E-state index contributed by atoms with van der Waals surface area (Å²) in [7, 11) is 0. The number of carbonyl (C=O) groups is 1. The lowest BCUT2D eigenvalue weighted by atomic mass is 10.2. The predicted molar refractivity (Wildman–Crippen MR) is 69.5 cm³/mol. The third kappa shape index (κ3) is 7.69. The Balaban J connectivity index is 3.45. The van der Waals surface area contributed by atoms with Gasteiger partial charge in [-0.1, -0.05) is 27.2 Å². The molecule has 0 saturated carbocycles. The fraction of sp³-hybridized carbons (Fsp3) is 0.923. The molecule has 0 aliphatic carbocycles. The maximum atomic E-state index is 11.5. The molecule has 96 valence electrons. The van der Waals surface area contributed by atoms with E-state index in [4.69, 9.17) is 0 Å². The molecule has 0 aliphatic rings. The fourth-order valence-electron chi connectivity index (χ4n) is 1.68. The van der Waals surface area contributed by atoms with Gasteiger partial charge in [0.2, 0.25) is 5.91 Å². The zero-order valence-corrected chi connectivity index (χ0v) is 11.4. The number of nitrogens with one attached hydrogen (secondary N) is 1. The lowest BCUT2D eigenvalue weighted by Crippen LogP contribution is -2.31. The summed E-state index contributed by atoms with van der Waals surface area (Å²) in [6.07, 6.45) is 4.16. The SMILES string of the molecule is CCC(=O)N(CC)CCCCCNC(C)C. The molecule has 0 aromatic rings. The Hall–Kier alpha value is -0.570. The normalized spacial score (nSPS) is 10.8. The molecule has 3 heteroatoms.